The lowest BCUT2D eigenvalue weighted by Crippen LogP contribution is -2.23. The van der Waals surface area contributed by atoms with Gasteiger partial charge in [0.1, 0.15) is 0 Å². The van der Waals surface area contributed by atoms with E-state index in [1.54, 1.807) is 0 Å². The predicted octanol–water partition coefficient (Wildman–Crippen LogP) is 2.72. The summed E-state index contributed by atoms with van der Waals surface area (Å²) < 4.78 is 0. The molecule has 15 heavy (non-hydrogen) atoms. The topological polar surface area (TPSA) is 3.24 Å². The van der Waals surface area contributed by atoms with Crippen LogP contribution in [0.5, 0.6) is 0 Å². The molecule has 0 aromatic heterocycles. The molecular weight excluding hydrogens is 182 g/mol. The average Bonchev–Trinajstić information content (AvgIpc) is 2.90. The fourth-order valence-electron chi connectivity index (χ4n) is 2.74. The Kier molecular flexibility index (Phi) is 2.28. The highest BCUT2D eigenvalue weighted by Gasteiger charge is 2.47. The molecular formula is C14H19N. The lowest BCUT2D eigenvalue weighted by Gasteiger charge is -2.15. The minimum Gasteiger partial charge on any atom is -0.302 e. The largest absolute Gasteiger partial charge is 0.302 e. The van der Waals surface area contributed by atoms with Crippen LogP contribution in [0.2, 0.25) is 0 Å². The number of hydrogen-bond acceptors (Lipinski definition) is 1. The van der Waals surface area contributed by atoms with E-state index in [1.165, 1.54) is 50.9 Å². The lowest BCUT2D eigenvalue weighted by molar-refractivity contribution is 0.324. The minimum absolute atomic E-state index is 0.788. The first-order valence-electron chi connectivity index (χ1n) is 6.13. The Balaban J connectivity index is 1.51. The summed E-state index contributed by atoms with van der Waals surface area (Å²) in [5, 5.41) is 0. The van der Waals surface area contributed by atoms with E-state index in [0.717, 1.165) is 5.41 Å². The Bertz CT molecular complexity index is 326. The van der Waals surface area contributed by atoms with Crippen molar-refractivity contribution in [2.24, 2.45) is 5.41 Å². The molecule has 80 valence electrons. The van der Waals surface area contributed by atoms with Crippen LogP contribution in [0.15, 0.2) is 30.3 Å². The molecule has 1 aliphatic heterocycles. The van der Waals surface area contributed by atoms with Gasteiger partial charge in [-0.2, -0.15) is 0 Å². The molecule has 0 N–H and O–H groups in total. The number of nitrogens with zero attached hydrogens (tertiary/aromatic N) is 1. The number of hydrogen-bond donors (Lipinski definition) is 0. The van der Waals surface area contributed by atoms with Gasteiger partial charge in [0, 0.05) is 13.1 Å². The van der Waals surface area contributed by atoms with Crippen LogP contribution in [0.3, 0.4) is 0 Å². The van der Waals surface area contributed by atoms with E-state index in [-0.39, 0.29) is 0 Å². The molecule has 2 fully saturated rings. The summed E-state index contributed by atoms with van der Waals surface area (Å²) in [5.74, 6) is 0. The van der Waals surface area contributed by atoms with Gasteiger partial charge in [-0.05, 0) is 43.2 Å². The second-order valence-electron chi connectivity index (χ2n) is 5.26. The van der Waals surface area contributed by atoms with Crippen LogP contribution in [0.1, 0.15) is 24.8 Å². The SMILES string of the molecule is c1ccc(CCN2CCC3(CC3)C2)cc1. The number of benzene rings is 1. The summed E-state index contributed by atoms with van der Waals surface area (Å²) in [4.78, 5) is 2.65. The highest BCUT2D eigenvalue weighted by atomic mass is 15.2. The van der Waals surface area contributed by atoms with Gasteiger partial charge in [-0.3, -0.25) is 0 Å². The Labute approximate surface area is 92.1 Å². The van der Waals surface area contributed by atoms with Gasteiger partial charge >= 0.3 is 0 Å². The summed E-state index contributed by atoms with van der Waals surface area (Å²) in [6, 6.07) is 10.9. The second kappa shape index (κ2) is 3.64. The van der Waals surface area contributed by atoms with Crippen molar-refractivity contribution in [1.82, 2.24) is 4.90 Å². The second-order valence-corrected chi connectivity index (χ2v) is 5.26. The van der Waals surface area contributed by atoms with E-state index < -0.39 is 0 Å². The average molecular weight is 201 g/mol. The Hall–Kier alpha value is -0.820. The van der Waals surface area contributed by atoms with Crippen LogP contribution in [0.25, 0.3) is 0 Å². The molecule has 3 rings (SSSR count). The van der Waals surface area contributed by atoms with Gasteiger partial charge in [-0.15, -0.1) is 0 Å². The summed E-state index contributed by atoms with van der Waals surface area (Å²) >= 11 is 0. The monoisotopic (exact) mass is 201 g/mol. The van der Waals surface area contributed by atoms with Gasteiger partial charge in [-0.25, -0.2) is 0 Å². The van der Waals surface area contributed by atoms with Crippen LogP contribution in [0.4, 0.5) is 0 Å². The molecule has 1 aliphatic carbocycles. The first-order chi connectivity index (χ1) is 7.36. The van der Waals surface area contributed by atoms with Gasteiger partial charge in [0.2, 0.25) is 0 Å². The number of rotatable bonds is 3. The van der Waals surface area contributed by atoms with Crippen LogP contribution >= 0.6 is 0 Å². The highest BCUT2D eigenvalue weighted by Crippen LogP contribution is 2.52. The van der Waals surface area contributed by atoms with E-state index in [2.05, 4.69) is 35.2 Å². The minimum atomic E-state index is 0.788. The first kappa shape index (κ1) is 9.41. The molecule has 1 aromatic rings. The molecule has 1 heterocycles. The molecule has 0 unspecified atom stereocenters. The van der Waals surface area contributed by atoms with Gasteiger partial charge in [0.05, 0.1) is 0 Å². The normalized spacial score (nSPS) is 23.5. The quantitative estimate of drug-likeness (QED) is 0.727. The van der Waals surface area contributed by atoms with Gasteiger partial charge < -0.3 is 4.90 Å². The zero-order chi connectivity index (χ0) is 10.1. The molecule has 1 heteroatoms. The molecule has 1 saturated heterocycles. The third kappa shape index (κ3) is 2.07. The zero-order valence-corrected chi connectivity index (χ0v) is 9.28. The molecule has 0 atom stereocenters. The lowest BCUT2D eigenvalue weighted by atomic mass is 10.1. The van der Waals surface area contributed by atoms with Gasteiger partial charge in [0.25, 0.3) is 0 Å². The first-order valence-corrected chi connectivity index (χ1v) is 6.13. The highest BCUT2D eigenvalue weighted by molar-refractivity contribution is 5.15. The predicted molar refractivity (Wildman–Crippen MR) is 62.9 cm³/mol. The summed E-state index contributed by atoms with van der Waals surface area (Å²) in [6.45, 7) is 3.97. The maximum atomic E-state index is 2.65. The molecule has 1 aromatic carbocycles. The van der Waals surface area contributed by atoms with Gasteiger partial charge in [0.15, 0.2) is 0 Å². The van der Waals surface area contributed by atoms with Crippen molar-refractivity contribution in [3.8, 4) is 0 Å². The van der Waals surface area contributed by atoms with E-state index in [4.69, 9.17) is 0 Å². The molecule has 2 aliphatic rings. The van der Waals surface area contributed by atoms with Gasteiger partial charge in [-0.1, -0.05) is 30.3 Å². The summed E-state index contributed by atoms with van der Waals surface area (Å²) in [5.41, 5.74) is 2.27. The Morgan fingerprint density at radius 3 is 2.53 bits per heavy atom. The van der Waals surface area contributed by atoms with Crippen molar-refractivity contribution in [1.29, 1.82) is 0 Å². The fourth-order valence-corrected chi connectivity index (χ4v) is 2.74. The van der Waals surface area contributed by atoms with Crippen LogP contribution in [-0.4, -0.2) is 24.5 Å². The molecule has 0 bridgehead atoms. The van der Waals surface area contributed by atoms with E-state index in [0.29, 0.717) is 0 Å². The Morgan fingerprint density at radius 1 is 1.07 bits per heavy atom. The van der Waals surface area contributed by atoms with Crippen LogP contribution in [0, 0.1) is 5.41 Å². The van der Waals surface area contributed by atoms with Crippen molar-refractivity contribution in [3.05, 3.63) is 35.9 Å². The molecule has 1 spiro atoms. The molecule has 1 saturated carbocycles. The number of likely N-dealkylation sites (tertiary alicyclic amines) is 1. The van der Waals surface area contributed by atoms with Crippen molar-refractivity contribution >= 4 is 0 Å². The maximum Gasteiger partial charge on any atom is 0.00386 e. The summed E-state index contributed by atoms with van der Waals surface area (Å²) in [7, 11) is 0. The van der Waals surface area contributed by atoms with E-state index in [1.807, 2.05) is 0 Å². The van der Waals surface area contributed by atoms with Crippen molar-refractivity contribution in [2.45, 2.75) is 25.7 Å². The smallest absolute Gasteiger partial charge is 0.00386 e. The molecule has 0 radical (unpaired) electrons. The van der Waals surface area contributed by atoms with Crippen molar-refractivity contribution < 1.29 is 0 Å². The molecule has 1 nitrogen and oxygen atoms in total. The Morgan fingerprint density at radius 2 is 1.87 bits per heavy atom. The maximum absolute atomic E-state index is 2.65. The molecule has 0 amide bonds. The van der Waals surface area contributed by atoms with Crippen molar-refractivity contribution in [3.63, 3.8) is 0 Å². The van der Waals surface area contributed by atoms with E-state index in [9.17, 15) is 0 Å². The fraction of sp³-hybridized carbons (Fsp3) is 0.571. The summed E-state index contributed by atoms with van der Waals surface area (Å²) in [6.07, 6.45) is 5.67. The van der Waals surface area contributed by atoms with E-state index >= 15 is 0 Å². The third-order valence-corrected chi connectivity index (χ3v) is 4.03. The third-order valence-electron chi connectivity index (χ3n) is 4.03. The van der Waals surface area contributed by atoms with Crippen LogP contribution in [-0.2, 0) is 6.42 Å². The standard InChI is InChI=1S/C14H19N/c1-2-4-13(5-3-1)6-10-15-11-9-14(12-15)7-8-14/h1-5H,6-12H2. The van der Waals surface area contributed by atoms with Crippen molar-refractivity contribution in [2.75, 3.05) is 19.6 Å². The van der Waals surface area contributed by atoms with Crippen LogP contribution < -0.4 is 0 Å². The zero-order valence-electron chi connectivity index (χ0n) is 9.28.